The third-order valence-corrected chi connectivity index (χ3v) is 3.97. The summed E-state index contributed by atoms with van der Waals surface area (Å²) >= 11 is 1.83. The molecule has 1 aromatic heterocycles. The van der Waals surface area contributed by atoms with E-state index in [1.807, 2.05) is 17.8 Å². The lowest BCUT2D eigenvalue weighted by Gasteiger charge is -2.09. The predicted octanol–water partition coefficient (Wildman–Crippen LogP) is 3.37. The normalized spacial score (nSPS) is 10.9. The van der Waals surface area contributed by atoms with Crippen LogP contribution in [-0.2, 0) is 19.4 Å². The molecule has 108 valence electrons. The molecule has 2 aromatic rings. The Morgan fingerprint density at radius 3 is 2.60 bits per heavy atom. The molecule has 0 aliphatic rings. The van der Waals surface area contributed by atoms with Crippen molar-refractivity contribution in [3.63, 3.8) is 0 Å². The second kappa shape index (κ2) is 7.39. The van der Waals surface area contributed by atoms with E-state index in [-0.39, 0.29) is 0 Å². The van der Waals surface area contributed by atoms with E-state index in [2.05, 4.69) is 42.0 Å². The van der Waals surface area contributed by atoms with Gasteiger partial charge in [-0.1, -0.05) is 37.3 Å². The fourth-order valence-corrected chi connectivity index (χ4v) is 2.71. The lowest BCUT2D eigenvalue weighted by molar-refractivity contribution is 0.712. The van der Waals surface area contributed by atoms with Gasteiger partial charge in [0.05, 0.1) is 12.2 Å². The van der Waals surface area contributed by atoms with Crippen LogP contribution in [0.2, 0.25) is 0 Å². The van der Waals surface area contributed by atoms with E-state index in [1.54, 1.807) is 0 Å². The minimum atomic E-state index is 0.814. The first-order chi connectivity index (χ1) is 9.76. The monoisotopic (exact) mass is 289 g/mol. The van der Waals surface area contributed by atoms with Crippen molar-refractivity contribution in [3.05, 3.63) is 47.4 Å². The second-order valence-corrected chi connectivity index (χ2v) is 5.91. The molecule has 2 rings (SSSR count). The van der Waals surface area contributed by atoms with Crippen LogP contribution >= 0.6 is 11.8 Å². The molecule has 0 fully saturated rings. The highest BCUT2D eigenvalue weighted by molar-refractivity contribution is 7.98. The molecule has 1 aromatic carbocycles. The summed E-state index contributed by atoms with van der Waals surface area (Å²) in [5.74, 6) is 3.02. The van der Waals surface area contributed by atoms with Crippen molar-refractivity contribution in [2.75, 3.05) is 17.7 Å². The van der Waals surface area contributed by atoms with Crippen molar-refractivity contribution in [1.29, 1.82) is 0 Å². The first kappa shape index (κ1) is 15.0. The van der Waals surface area contributed by atoms with Gasteiger partial charge in [-0.15, -0.1) is 0 Å². The summed E-state index contributed by atoms with van der Waals surface area (Å²) in [5.41, 5.74) is 8.64. The summed E-state index contributed by atoms with van der Waals surface area (Å²) < 4.78 is 2.18. The van der Waals surface area contributed by atoms with Crippen LogP contribution in [0.1, 0.15) is 30.4 Å². The third-order valence-electron chi connectivity index (χ3n) is 3.36. The van der Waals surface area contributed by atoms with Crippen LogP contribution in [0.5, 0.6) is 0 Å². The van der Waals surface area contributed by atoms with Gasteiger partial charge >= 0.3 is 0 Å². The molecular formula is C16H23N3S. The van der Waals surface area contributed by atoms with Crippen LogP contribution in [-0.4, -0.2) is 21.6 Å². The number of imidazole rings is 1. The number of benzene rings is 1. The summed E-state index contributed by atoms with van der Waals surface area (Å²) in [6.07, 6.45) is 5.14. The molecule has 0 saturated carbocycles. The number of hydrogen-bond donors (Lipinski definition) is 1. The zero-order valence-corrected chi connectivity index (χ0v) is 13.1. The average Bonchev–Trinajstić information content (AvgIpc) is 2.75. The molecule has 0 saturated heterocycles. The molecule has 0 spiro atoms. The van der Waals surface area contributed by atoms with Crippen LogP contribution < -0.4 is 5.73 Å². The molecule has 20 heavy (non-hydrogen) atoms. The minimum Gasteiger partial charge on any atom is -0.384 e. The number of rotatable bonds is 7. The number of nitrogens with zero attached hydrogens (tertiary/aromatic N) is 2. The fourth-order valence-electron chi connectivity index (χ4n) is 2.31. The fraction of sp³-hybridized carbons (Fsp3) is 0.438. The topological polar surface area (TPSA) is 43.8 Å². The van der Waals surface area contributed by atoms with E-state index < -0.39 is 0 Å². The van der Waals surface area contributed by atoms with E-state index in [9.17, 15) is 0 Å². The van der Waals surface area contributed by atoms with Crippen molar-refractivity contribution in [2.24, 2.45) is 0 Å². The van der Waals surface area contributed by atoms with Crippen LogP contribution in [0.4, 0.5) is 5.82 Å². The van der Waals surface area contributed by atoms with Crippen molar-refractivity contribution in [1.82, 2.24) is 9.55 Å². The van der Waals surface area contributed by atoms with Crippen LogP contribution in [0.15, 0.2) is 30.3 Å². The third kappa shape index (κ3) is 3.57. The first-order valence-electron chi connectivity index (χ1n) is 7.12. The second-order valence-electron chi connectivity index (χ2n) is 4.92. The summed E-state index contributed by atoms with van der Waals surface area (Å²) in [6.45, 7) is 2.99. The van der Waals surface area contributed by atoms with Crippen molar-refractivity contribution < 1.29 is 0 Å². The van der Waals surface area contributed by atoms with Gasteiger partial charge in [-0.2, -0.15) is 11.8 Å². The highest BCUT2D eigenvalue weighted by Crippen LogP contribution is 2.19. The lowest BCUT2D eigenvalue weighted by atomic mass is 10.2. The first-order valence-corrected chi connectivity index (χ1v) is 8.52. The molecule has 0 aliphatic carbocycles. The molecular weight excluding hydrogens is 266 g/mol. The molecule has 0 bridgehead atoms. The zero-order valence-electron chi connectivity index (χ0n) is 12.3. The quantitative estimate of drug-likeness (QED) is 0.850. The molecule has 3 nitrogen and oxygen atoms in total. The van der Waals surface area contributed by atoms with Crippen molar-refractivity contribution in [3.8, 4) is 0 Å². The van der Waals surface area contributed by atoms with E-state index >= 15 is 0 Å². The van der Waals surface area contributed by atoms with E-state index in [1.165, 1.54) is 5.56 Å². The summed E-state index contributed by atoms with van der Waals surface area (Å²) in [7, 11) is 0. The van der Waals surface area contributed by atoms with Gasteiger partial charge in [0.15, 0.2) is 0 Å². The van der Waals surface area contributed by atoms with Gasteiger partial charge < -0.3 is 10.3 Å². The summed E-state index contributed by atoms with van der Waals surface area (Å²) in [6, 6.07) is 10.4. The Kier molecular flexibility index (Phi) is 5.53. The highest BCUT2D eigenvalue weighted by atomic mass is 32.2. The van der Waals surface area contributed by atoms with Gasteiger partial charge in [-0.3, -0.25) is 0 Å². The van der Waals surface area contributed by atoms with Gasteiger partial charge in [0, 0.05) is 12.8 Å². The van der Waals surface area contributed by atoms with E-state index in [0.717, 1.165) is 48.9 Å². The smallest absolute Gasteiger partial charge is 0.127 e. The molecule has 0 atom stereocenters. The molecule has 2 N–H and O–H groups in total. The summed E-state index contributed by atoms with van der Waals surface area (Å²) in [5, 5.41) is 0. The van der Waals surface area contributed by atoms with E-state index in [0.29, 0.717) is 0 Å². The Morgan fingerprint density at radius 1 is 1.20 bits per heavy atom. The average molecular weight is 289 g/mol. The molecule has 0 amide bonds. The minimum absolute atomic E-state index is 0.814. The maximum atomic E-state index is 6.31. The van der Waals surface area contributed by atoms with Crippen molar-refractivity contribution >= 4 is 17.6 Å². The highest BCUT2D eigenvalue weighted by Gasteiger charge is 2.14. The van der Waals surface area contributed by atoms with Gasteiger partial charge in [-0.05, 0) is 24.0 Å². The molecule has 0 unspecified atom stereocenters. The number of anilines is 1. The lowest BCUT2D eigenvalue weighted by Crippen LogP contribution is -2.08. The Labute approximate surface area is 125 Å². The van der Waals surface area contributed by atoms with E-state index in [4.69, 9.17) is 10.7 Å². The van der Waals surface area contributed by atoms with Crippen LogP contribution in [0, 0.1) is 0 Å². The maximum absolute atomic E-state index is 6.31. The standard InChI is InChI=1S/C16H23N3S/c1-3-7-15-18-14(10-11-20-2)16(17)19(15)12-13-8-5-4-6-9-13/h4-6,8-9H,3,7,10-12,17H2,1-2H3. The molecule has 0 radical (unpaired) electrons. The number of nitrogen functional groups attached to an aromatic ring is 1. The Hall–Kier alpha value is -1.42. The van der Waals surface area contributed by atoms with Crippen molar-refractivity contribution in [2.45, 2.75) is 32.7 Å². The SMILES string of the molecule is CCCc1nc(CCSC)c(N)n1Cc1ccccc1. The number of thioether (sulfide) groups is 1. The predicted molar refractivity (Wildman–Crippen MR) is 88.3 cm³/mol. The maximum Gasteiger partial charge on any atom is 0.127 e. The molecule has 1 heterocycles. The Bertz CT molecular complexity index is 534. The van der Waals surface area contributed by atoms with Gasteiger partial charge in [-0.25, -0.2) is 4.98 Å². The number of nitrogens with two attached hydrogens (primary N) is 1. The van der Waals surface area contributed by atoms with Crippen LogP contribution in [0.3, 0.4) is 0 Å². The Balaban J connectivity index is 2.26. The zero-order chi connectivity index (χ0) is 14.4. The Morgan fingerprint density at radius 2 is 1.95 bits per heavy atom. The largest absolute Gasteiger partial charge is 0.384 e. The summed E-state index contributed by atoms with van der Waals surface area (Å²) in [4.78, 5) is 4.76. The van der Waals surface area contributed by atoms with Crippen LogP contribution in [0.25, 0.3) is 0 Å². The number of hydrogen-bond acceptors (Lipinski definition) is 3. The molecule has 0 aliphatic heterocycles. The van der Waals surface area contributed by atoms with Gasteiger partial charge in [0.1, 0.15) is 11.6 Å². The van der Waals surface area contributed by atoms with Gasteiger partial charge in [0.2, 0.25) is 0 Å². The number of aryl methyl sites for hydroxylation is 2. The van der Waals surface area contributed by atoms with Gasteiger partial charge in [0.25, 0.3) is 0 Å². The number of aromatic nitrogens is 2. The molecule has 4 heteroatoms.